The van der Waals surface area contributed by atoms with Gasteiger partial charge in [-0.3, -0.25) is 19.0 Å². The predicted molar refractivity (Wildman–Crippen MR) is 228 cm³/mol. The number of anilines is 2. The van der Waals surface area contributed by atoms with E-state index in [-0.39, 0.29) is 30.8 Å². The molecule has 0 spiro atoms. The molecule has 2 aromatic heterocycles. The number of hydrogen-bond donors (Lipinski definition) is 7. The van der Waals surface area contributed by atoms with Crippen LogP contribution in [0.25, 0.3) is 11.0 Å². The number of carbonyl (C=O) groups is 3. The van der Waals surface area contributed by atoms with Crippen LogP contribution < -0.4 is 20.9 Å². The zero-order valence-corrected chi connectivity index (χ0v) is 36.4. The van der Waals surface area contributed by atoms with Crippen LogP contribution in [0.5, 0.6) is 0 Å². The van der Waals surface area contributed by atoms with Crippen molar-refractivity contribution in [3.8, 4) is 6.07 Å². The van der Waals surface area contributed by atoms with E-state index in [4.69, 9.17) is 41.2 Å². The third-order valence-corrected chi connectivity index (χ3v) is 12.1. The molecular formula is C41H55N9O12S. The fourth-order valence-electron chi connectivity index (χ4n) is 8.27. The molecule has 3 aliphatic rings. The molecule has 0 saturated carbocycles. The predicted octanol–water partition coefficient (Wildman–Crippen LogP) is -1.00. The lowest BCUT2D eigenvalue weighted by atomic mass is 9.92. The number of piperidine rings is 1. The van der Waals surface area contributed by atoms with Gasteiger partial charge in [-0.1, -0.05) is 19.1 Å². The molecule has 0 aliphatic carbocycles. The summed E-state index contributed by atoms with van der Waals surface area (Å²) in [7, 11) is 4.49. The minimum Gasteiger partial charge on any atom is -0.394 e. The molecule has 342 valence electrons. The van der Waals surface area contributed by atoms with Crippen molar-refractivity contribution in [1.29, 1.82) is 5.26 Å². The first-order valence-corrected chi connectivity index (χ1v) is 20.9. The monoisotopic (exact) mass is 897 g/mol. The van der Waals surface area contributed by atoms with E-state index in [1.165, 1.54) is 27.5 Å². The summed E-state index contributed by atoms with van der Waals surface area (Å²) in [6.45, 7) is 3.99. The number of fused-ring (bicyclic) bond motifs is 1. The van der Waals surface area contributed by atoms with Crippen molar-refractivity contribution >= 4 is 57.6 Å². The average Bonchev–Trinajstić information content (AvgIpc) is 3.71. The Bertz CT molecular complexity index is 2120. The van der Waals surface area contributed by atoms with E-state index < -0.39 is 79.8 Å². The summed E-state index contributed by atoms with van der Waals surface area (Å²) in [6, 6.07) is 10.1. The van der Waals surface area contributed by atoms with Gasteiger partial charge in [0.05, 0.1) is 24.1 Å². The first kappa shape index (κ1) is 47.5. The van der Waals surface area contributed by atoms with Gasteiger partial charge >= 0.3 is 0 Å². The third-order valence-electron chi connectivity index (χ3n) is 11.8. The second-order valence-electron chi connectivity index (χ2n) is 15.8. The van der Waals surface area contributed by atoms with Crippen molar-refractivity contribution in [3.05, 3.63) is 48.4 Å². The van der Waals surface area contributed by atoms with Gasteiger partial charge in [0.1, 0.15) is 61.2 Å². The SMILES string of the molecule is CO[C@@H]1OC(CO)[C@@H](O)[C@H](O[C@@H]2OC(C(=O)NCCc3ccc(NC(=S)n4ccc5c(N(C)[C@H]6CN(C(=O)CC#N)CC[C@H]6C)ncnc54)cc3)[C@@H](OC)[C@H](O)C2O)C1NC(C)=O. The van der Waals surface area contributed by atoms with E-state index >= 15 is 0 Å². The number of likely N-dealkylation sites (tertiary alicyclic amines) is 1. The lowest BCUT2D eigenvalue weighted by Crippen LogP contribution is -2.68. The number of hydrogen-bond acceptors (Lipinski definition) is 17. The van der Waals surface area contributed by atoms with Crippen LogP contribution >= 0.6 is 12.2 Å². The van der Waals surface area contributed by atoms with Gasteiger partial charge in [0.2, 0.25) is 11.8 Å². The zero-order valence-electron chi connectivity index (χ0n) is 35.6. The van der Waals surface area contributed by atoms with Gasteiger partial charge in [-0.2, -0.15) is 5.26 Å². The van der Waals surface area contributed by atoms with Crippen molar-refractivity contribution in [1.82, 2.24) is 30.1 Å². The highest BCUT2D eigenvalue weighted by Crippen LogP contribution is 2.32. The van der Waals surface area contributed by atoms with E-state index in [0.717, 1.165) is 17.4 Å². The minimum atomic E-state index is -1.75. The van der Waals surface area contributed by atoms with Gasteiger partial charge in [0.15, 0.2) is 29.4 Å². The van der Waals surface area contributed by atoms with Crippen molar-refractivity contribution in [2.45, 2.75) is 101 Å². The number of nitrogens with zero attached hydrogens (tertiary/aromatic N) is 6. The molecule has 0 radical (unpaired) electrons. The van der Waals surface area contributed by atoms with E-state index in [2.05, 4.69) is 37.7 Å². The lowest BCUT2D eigenvalue weighted by molar-refractivity contribution is -0.338. The Balaban J connectivity index is 1.05. The summed E-state index contributed by atoms with van der Waals surface area (Å²) in [5.74, 6) is -0.386. The lowest BCUT2D eigenvalue weighted by Gasteiger charge is -2.47. The number of methoxy groups -OCH3 is 2. The number of aliphatic hydroxyl groups is 4. The van der Waals surface area contributed by atoms with Crippen LogP contribution in [-0.4, -0.2) is 178 Å². The molecule has 3 amide bonds. The highest BCUT2D eigenvalue weighted by molar-refractivity contribution is 7.80. The fourth-order valence-corrected chi connectivity index (χ4v) is 8.53. The molecular weight excluding hydrogens is 843 g/mol. The minimum absolute atomic E-state index is 0.0203. The Kier molecular flexibility index (Phi) is 16.0. The molecule has 3 aliphatic heterocycles. The number of amides is 3. The molecule has 7 N–H and O–H groups in total. The molecule has 3 fully saturated rings. The normalized spacial score (nSPS) is 29.7. The van der Waals surface area contributed by atoms with Gasteiger partial charge in [-0.05, 0) is 54.7 Å². The number of nitriles is 1. The first-order chi connectivity index (χ1) is 30.2. The molecule has 63 heavy (non-hydrogen) atoms. The number of aliphatic hydroxyl groups excluding tert-OH is 4. The maximum atomic E-state index is 13.5. The summed E-state index contributed by atoms with van der Waals surface area (Å²) >= 11 is 5.78. The molecule has 0 bridgehead atoms. The number of ether oxygens (including phenoxy) is 5. The third kappa shape index (κ3) is 10.6. The number of rotatable bonds is 14. The number of carbonyl (C=O) groups excluding carboxylic acids is 3. The van der Waals surface area contributed by atoms with Crippen molar-refractivity contribution in [2.75, 3.05) is 57.7 Å². The highest BCUT2D eigenvalue weighted by atomic mass is 32.1. The van der Waals surface area contributed by atoms with Gasteiger partial charge in [-0.25, -0.2) is 9.97 Å². The zero-order chi connectivity index (χ0) is 45.5. The molecule has 3 saturated heterocycles. The molecule has 5 heterocycles. The molecule has 22 heteroatoms. The van der Waals surface area contributed by atoms with E-state index in [0.29, 0.717) is 41.8 Å². The number of thiocarbonyl (C=S) groups is 1. The fraction of sp³-hybridized carbons (Fsp3) is 0.585. The Morgan fingerprint density at radius 3 is 2.44 bits per heavy atom. The second kappa shape index (κ2) is 21.2. The molecule has 3 aromatic rings. The van der Waals surface area contributed by atoms with Crippen LogP contribution in [0.2, 0.25) is 0 Å². The van der Waals surface area contributed by atoms with Crippen LogP contribution in [0.15, 0.2) is 42.9 Å². The summed E-state index contributed by atoms with van der Waals surface area (Å²) in [5.41, 5.74) is 2.17. The van der Waals surface area contributed by atoms with Gasteiger partial charge in [0.25, 0.3) is 5.91 Å². The van der Waals surface area contributed by atoms with E-state index in [9.17, 15) is 34.8 Å². The van der Waals surface area contributed by atoms with Crippen LogP contribution in [-0.2, 0) is 44.5 Å². The largest absolute Gasteiger partial charge is 0.394 e. The second-order valence-corrected chi connectivity index (χ2v) is 16.2. The van der Waals surface area contributed by atoms with Crippen molar-refractivity contribution < 1.29 is 58.5 Å². The molecule has 21 nitrogen and oxygen atoms in total. The van der Waals surface area contributed by atoms with Crippen molar-refractivity contribution in [2.24, 2.45) is 5.92 Å². The Morgan fingerprint density at radius 2 is 1.78 bits per heavy atom. The van der Waals surface area contributed by atoms with Crippen LogP contribution in [0.1, 0.15) is 32.3 Å². The number of aromatic nitrogens is 3. The Morgan fingerprint density at radius 1 is 1.03 bits per heavy atom. The van der Waals surface area contributed by atoms with Crippen molar-refractivity contribution in [3.63, 3.8) is 0 Å². The molecule has 6 rings (SSSR count). The number of nitrogens with one attached hydrogen (secondary N) is 3. The van der Waals surface area contributed by atoms with Gasteiger partial charge in [-0.15, -0.1) is 0 Å². The Hall–Kier alpha value is -4.93. The standard InChI is InChI=1S/C41H55N9O12S/c1-21-12-16-49(28(53)10-14-42)18-26(21)48(3)36-25-13-17-50(37(25)45-20-44-36)41(63)47-24-8-6-23(7-9-24)11-15-43-38(57)35-34(58-4)31(55)32(56)40(62-35)61-33-29(46-22(2)52)39(59-5)60-27(19-51)30(33)54/h6-9,13,17,20-21,26-27,29-35,39-40,51,54-56H,10-12,15-16,18-19H2,1-5H3,(H,43,57)(H,46,52)(H,47,63)/t21-,26+,27?,29?,30-,31-,32?,33-,34+,35?,39-,40-/m1/s1. The maximum absolute atomic E-state index is 13.5. The summed E-state index contributed by atoms with van der Waals surface area (Å²) < 4.78 is 29.8. The van der Waals surface area contributed by atoms with Crippen LogP contribution in [0.3, 0.4) is 0 Å². The summed E-state index contributed by atoms with van der Waals surface area (Å²) in [5, 5.41) is 61.5. The summed E-state index contributed by atoms with van der Waals surface area (Å²) in [4.78, 5) is 51.0. The number of benzene rings is 1. The van der Waals surface area contributed by atoms with Gasteiger partial charge < -0.3 is 69.9 Å². The molecule has 12 atom stereocenters. The quantitative estimate of drug-likeness (QED) is 0.0956. The van der Waals surface area contributed by atoms with Crippen LogP contribution in [0, 0.1) is 17.2 Å². The van der Waals surface area contributed by atoms with Crippen LogP contribution in [0.4, 0.5) is 11.5 Å². The van der Waals surface area contributed by atoms with E-state index in [1.54, 1.807) is 9.47 Å². The average molecular weight is 898 g/mol. The highest BCUT2D eigenvalue weighted by Gasteiger charge is 2.53. The first-order valence-electron chi connectivity index (χ1n) is 20.5. The Labute approximate surface area is 369 Å². The topological polar surface area (TPSA) is 275 Å². The molecule has 1 aromatic carbocycles. The molecule has 4 unspecified atom stereocenters. The van der Waals surface area contributed by atoms with E-state index in [1.807, 2.05) is 49.6 Å². The number of likely N-dealkylation sites (N-methyl/N-ethyl adjacent to an activating group) is 1. The summed E-state index contributed by atoms with van der Waals surface area (Å²) in [6.07, 6.45) is -8.79. The smallest absolute Gasteiger partial charge is 0.252 e. The van der Waals surface area contributed by atoms with Gasteiger partial charge in [0, 0.05) is 59.7 Å². The maximum Gasteiger partial charge on any atom is 0.252 e.